The molecule has 0 fully saturated rings. The predicted octanol–water partition coefficient (Wildman–Crippen LogP) is -0.231. The van der Waals surface area contributed by atoms with E-state index < -0.39 is 0 Å². The smallest absolute Gasteiger partial charge is 0.448 e. The van der Waals surface area contributed by atoms with Crippen molar-refractivity contribution in [2.24, 2.45) is 0 Å². The van der Waals surface area contributed by atoms with Crippen molar-refractivity contribution in [2.75, 3.05) is 0 Å². The van der Waals surface area contributed by atoms with Gasteiger partial charge < -0.3 is 4.98 Å². The minimum atomic E-state index is 0. The number of aromatic nitrogens is 2. The van der Waals surface area contributed by atoms with E-state index in [1.807, 2.05) is 39.0 Å². The van der Waals surface area contributed by atoms with E-state index in [9.17, 15) is 0 Å². The Hall–Kier alpha value is 0.365. The first-order valence-electron chi connectivity index (χ1n) is 4.46. The summed E-state index contributed by atoms with van der Waals surface area (Å²) in [5, 5.41) is 0. The fourth-order valence-electron chi connectivity index (χ4n) is 1.08. The predicted molar refractivity (Wildman–Crippen MR) is 54.5 cm³/mol. The van der Waals surface area contributed by atoms with Gasteiger partial charge in [0.15, 0.2) is 0 Å². The second-order valence-corrected chi connectivity index (χ2v) is 2.44. The first-order valence-corrected chi connectivity index (χ1v) is 4.46. The largest absolute Gasteiger partial charge is 1.00 e. The normalized spacial score (nSPS) is 8.50. The van der Waals surface area contributed by atoms with Crippen LogP contribution in [0.2, 0.25) is 0 Å². The Morgan fingerprint density at radius 3 is 2.57 bits per heavy atom. The summed E-state index contributed by atoms with van der Waals surface area (Å²) in [6.45, 7) is 6.02. The average molecular weight is 259 g/mol. The minimum Gasteiger partial charge on any atom is -0.448 e. The van der Waals surface area contributed by atoms with E-state index in [1.54, 1.807) is 6.20 Å². The molecule has 2 nitrogen and oxygen atoms in total. The molecule has 0 spiro atoms. The second kappa shape index (κ2) is 7.63. The monoisotopic (exact) mass is 258 g/mol. The zero-order chi connectivity index (χ0) is 9.68. The van der Waals surface area contributed by atoms with Gasteiger partial charge in [0.25, 0.3) is 0 Å². The van der Waals surface area contributed by atoms with E-state index in [-0.39, 0.29) is 58.2 Å². The first kappa shape index (κ1) is 14.4. The fourth-order valence-corrected chi connectivity index (χ4v) is 1.08. The standard InChI is InChI=1S/C9H7N2.C2H6.Rb/c1-7-3-2-4-8-9(7)11-6-5-10-8;1-2;/h2-5H,1H3;1-2H3;/q-1;;+1. The van der Waals surface area contributed by atoms with Crippen LogP contribution >= 0.6 is 0 Å². The van der Waals surface area contributed by atoms with Crippen LogP contribution in [0, 0.1) is 13.1 Å². The van der Waals surface area contributed by atoms with Gasteiger partial charge in [0.05, 0.1) is 0 Å². The average Bonchev–Trinajstić information content (AvgIpc) is 2.22. The Bertz CT molecular complexity index is 382. The number of nitrogens with zero attached hydrogens (tertiary/aromatic N) is 2. The summed E-state index contributed by atoms with van der Waals surface area (Å²) in [5.74, 6) is 0. The van der Waals surface area contributed by atoms with Crippen molar-refractivity contribution in [3.63, 3.8) is 0 Å². The van der Waals surface area contributed by atoms with E-state index in [4.69, 9.17) is 0 Å². The molecule has 0 aliphatic rings. The van der Waals surface area contributed by atoms with Crippen molar-refractivity contribution in [3.05, 3.63) is 36.2 Å². The van der Waals surface area contributed by atoms with Crippen LogP contribution in [0.4, 0.5) is 0 Å². The zero-order valence-electron chi connectivity index (χ0n) is 9.20. The van der Waals surface area contributed by atoms with E-state index >= 15 is 0 Å². The summed E-state index contributed by atoms with van der Waals surface area (Å²) >= 11 is 0. The molecule has 0 bridgehead atoms. The van der Waals surface area contributed by atoms with Gasteiger partial charge in [-0.05, 0) is 6.20 Å². The van der Waals surface area contributed by atoms with Gasteiger partial charge >= 0.3 is 58.2 Å². The number of hydrogen-bond acceptors (Lipinski definition) is 2. The molecule has 1 aromatic carbocycles. The Balaban J connectivity index is 0.000000531. The Morgan fingerprint density at radius 1 is 1.21 bits per heavy atom. The van der Waals surface area contributed by atoms with Crippen LogP contribution in [0.25, 0.3) is 11.0 Å². The zero-order valence-corrected chi connectivity index (χ0v) is 14.1. The van der Waals surface area contributed by atoms with Crippen molar-refractivity contribution in [1.29, 1.82) is 0 Å². The molecule has 0 aliphatic carbocycles. The maximum Gasteiger partial charge on any atom is 1.00 e. The first-order chi connectivity index (χ1) is 6.38. The summed E-state index contributed by atoms with van der Waals surface area (Å²) in [5.41, 5.74) is 3.02. The maximum absolute atomic E-state index is 4.12. The fraction of sp³-hybridized carbons (Fsp3) is 0.273. The molecule has 1 aromatic heterocycles. The van der Waals surface area contributed by atoms with E-state index in [2.05, 4.69) is 16.2 Å². The van der Waals surface area contributed by atoms with Gasteiger partial charge in [0.1, 0.15) is 0 Å². The molecule has 0 N–H and O–H groups in total. The molecule has 2 aromatic rings. The van der Waals surface area contributed by atoms with Gasteiger partial charge in [0, 0.05) is 5.52 Å². The number of hydrogen-bond donors (Lipinski definition) is 0. The van der Waals surface area contributed by atoms with Gasteiger partial charge in [-0.25, -0.2) is 0 Å². The van der Waals surface area contributed by atoms with Crippen LogP contribution in [0.15, 0.2) is 24.4 Å². The summed E-state index contributed by atoms with van der Waals surface area (Å²) < 4.78 is 0. The van der Waals surface area contributed by atoms with Gasteiger partial charge in [-0.2, -0.15) is 0 Å². The molecule has 0 saturated heterocycles. The summed E-state index contributed by atoms with van der Waals surface area (Å²) in [6.07, 6.45) is 4.30. The van der Waals surface area contributed by atoms with Crippen molar-refractivity contribution < 1.29 is 58.2 Å². The summed E-state index contributed by atoms with van der Waals surface area (Å²) in [6, 6.07) is 5.94. The molecular formula is C11H13N2Rb. The van der Waals surface area contributed by atoms with E-state index in [0.717, 1.165) is 16.6 Å². The van der Waals surface area contributed by atoms with Crippen LogP contribution < -0.4 is 58.2 Å². The van der Waals surface area contributed by atoms with Gasteiger partial charge in [0.2, 0.25) is 0 Å². The van der Waals surface area contributed by atoms with Crippen LogP contribution in [0.1, 0.15) is 19.4 Å². The van der Waals surface area contributed by atoms with Crippen LogP contribution in [-0.4, -0.2) is 9.97 Å². The Kier molecular flexibility index (Phi) is 7.83. The molecule has 0 radical (unpaired) electrons. The van der Waals surface area contributed by atoms with Crippen molar-refractivity contribution in [3.8, 4) is 0 Å². The van der Waals surface area contributed by atoms with Crippen LogP contribution in [-0.2, 0) is 0 Å². The Morgan fingerprint density at radius 2 is 1.93 bits per heavy atom. The Labute approximate surface area is 134 Å². The molecule has 0 atom stereocenters. The third-order valence-corrected chi connectivity index (χ3v) is 1.65. The quantitative estimate of drug-likeness (QED) is 0.610. The van der Waals surface area contributed by atoms with Gasteiger partial charge in [-0.15, -0.1) is 11.8 Å². The van der Waals surface area contributed by atoms with Crippen molar-refractivity contribution in [1.82, 2.24) is 9.97 Å². The van der Waals surface area contributed by atoms with E-state index in [1.165, 1.54) is 0 Å². The number of benzene rings is 1. The summed E-state index contributed by atoms with van der Waals surface area (Å²) in [4.78, 5) is 8.22. The molecule has 14 heavy (non-hydrogen) atoms. The molecule has 0 aliphatic heterocycles. The molecule has 2 rings (SSSR count). The molecule has 0 saturated carbocycles. The third-order valence-electron chi connectivity index (χ3n) is 1.65. The number of aryl methyl sites for hydroxylation is 1. The SMILES string of the molecule is CC.Cc1cccc2nc[c-]nc12.[Rb+]. The maximum atomic E-state index is 4.12. The van der Waals surface area contributed by atoms with Crippen molar-refractivity contribution >= 4 is 11.0 Å². The van der Waals surface area contributed by atoms with Crippen molar-refractivity contribution in [2.45, 2.75) is 20.8 Å². The number of rotatable bonds is 0. The minimum absolute atomic E-state index is 0. The third kappa shape index (κ3) is 3.50. The van der Waals surface area contributed by atoms with E-state index in [0.29, 0.717) is 0 Å². The summed E-state index contributed by atoms with van der Waals surface area (Å²) in [7, 11) is 0. The number of para-hydroxylation sites is 1. The molecule has 3 heteroatoms. The number of fused-ring (bicyclic) bond motifs is 1. The van der Waals surface area contributed by atoms with Gasteiger partial charge in [-0.1, -0.05) is 44.5 Å². The van der Waals surface area contributed by atoms with Crippen LogP contribution in [0.5, 0.6) is 0 Å². The molecular weight excluding hydrogens is 246 g/mol. The van der Waals surface area contributed by atoms with Gasteiger partial charge in [-0.3, -0.25) is 4.98 Å². The second-order valence-electron chi connectivity index (χ2n) is 2.44. The molecule has 68 valence electrons. The molecule has 0 amide bonds. The topological polar surface area (TPSA) is 25.8 Å². The molecule has 0 unspecified atom stereocenters. The molecule has 1 heterocycles. The van der Waals surface area contributed by atoms with Crippen LogP contribution in [0.3, 0.4) is 0 Å².